The number of hydroxylamine groups is 1. The number of carbonyl (C=O) groups is 3. The molecule has 0 spiro atoms. The molecule has 5 atom stereocenters. The molecular weight excluding hydrogens is 449 g/mol. The van der Waals surface area contributed by atoms with Gasteiger partial charge in [-0.2, -0.15) is 0 Å². The molecule has 4 fully saturated rings. The molecule has 1 unspecified atom stereocenters. The van der Waals surface area contributed by atoms with Crippen LogP contribution in [0.3, 0.4) is 0 Å². The van der Waals surface area contributed by atoms with E-state index in [0.29, 0.717) is 29.7 Å². The average molecular weight is 485 g/mol. The van der Waals surface area contributed by atoms with Crippen LogP contribution in [0.2, 0.25) is 0 Å². The Labute approximate surface area is 206 Å². The van der Waals surface area contributed by atoms with Crippen molar-refractivity contribution in [2.75, 3.05) is 6.54 Å². The van der Waals surface area contributed by atoms with Crippen LogP contribution in [0.4, 0.5) is 0 Å². The number of rotatable bonds is 8. The van der Waals surface area contributed by atoms with E-state index in [9.17, 15) is 14.4 Å². The fourth-order valence-electron chi connectivity index (χ4n) is 6.17. The highest BCUT2D eigenvalue weighted by Crippen LogP contribution is 2.65. The Morgan fingerprint density at radius 3 is 2.29 bits per heavy atom. The minimum atomic E-state index is -0.668. The SMILES string of the molecule is CC(C)C[C@H](NC(=O)CNC(=O)c1ccc(C(=O)NO)cc1)B1OC2C[C@H]3C[C@H](C3(C)C)[C@@]2(C)O1. The molecule has 190 valence electrons. The van der Waals surface area contributed by atoms with Crippen LogP contribution in [0, 0.1) is 23.2 Å². The Hall–Kier alpha value is -2.43. The van der Waals surface area contributed by atoms with Gasteiger partial charge in [0, 0.05) is 11.1 Å². The number of hydrogen-bond donors (Lipinski definition) is 4. The molecule has 3 amide bonds. The second kappa shape index (κ2) is 9.56. The maximum absolute atomic E-state index is 12.8. The van der Waals surface area contributed by atoms with Gasteiger partial charge in [-0.1, -0.05) is 27.7 Å². The maximum Gasteiger partial charge on any atom is 0.481 e. The molecular formula is C25H36BN3O6. The maximum atomic E-state index is 12.8. The Kier molecular flexibility index (Phi) is 7.01. The summed E-state index contributed by atoms with van der Waals surface area (Å²) in [5.41, 5.74) is 1.94. The van der Waals surface area contributed by atoms with E-state index in [0.717, 1.165) is 12.8 Å². The Morgan fingerprint density at radius 1 is 1.09 bits per heavy atom. The van der Waals surface area contributed by atoms with Gasteiger partial charge >= 0.3 is 7.12 Å². The Morgan fingerprint density at radius 2 is 1.71 bits per heavy atom. The van der Waals surface area contributed by atoms with Crippen molar-refractivity contribution in [3.05, 3.63) is 35.4 Å². The molecule has 2 bridgehead atoms. The first kappa shape index (κ1) is 25.7. The van der Waals surface area contributed by atoms with Crippen molar-refractivity contribution in [3.63, 3.8) is 0 Å². The number of benzene rings is 1. The van der Waals surface area contributed by atoms with Gasteiger partial charge in [-0.05, 0) is 73.6 Å². The van der Waals surface area contributed by atoms with Gasteiger partial charge in [-0.15, -0.1) is 0 Å². The van der Waals surface area contributed by atoms with Gasteiger partial charge in [-0.25, -0.2) is 5.48 Å². The zero-order chi connectivity index (χ0) is 25.5. The van der Waals surface area contributed by atoms with Gasteiger partial charge < -0.3 is 19.9 Å². The van der Waals surface area contributed by atoms with Gasteiger partial charge in [0.2, 0.25) is 5.91 Å². The fourth-order valence-corrected chi connectivity index (χ4v) is 6.17. The molecule has 5 rings (SSSR count). The van der Waals surface area contributed by atoms with E-state index >= 15 is 0 Å². The van der Waals surface area contributed by atoms with Crippen LogP contribution in [-0.4, -0.2) is 54.2 Å². The fraction of sp³-hybridized carbons (Fsp3) is 0.640. The lowest BCUT2D eigenvalue weighted by atomic mass is 9.43. The third-order valence-corrected chi connectivity index (χ3v) is 8.29. The molecule has 0 radical (unpaired) electrons. The summed E-state index contributed by atoms with van der Waals surface area (Å²) in [6, 6.07) is 5.74. The van der Waals surface area contributed by atoms with Crippen molar-refractivity contribution in [1.82, 2.24) is 16.1 Å². The summed E-state index contributed by atoms with van der Waals surface area (Å²) in [6.07, 6.45) is 2.87. The molecule has 4 aliphatic rings. The van der Waals surface area contributed by atoms with Crippen LogP contribution in [-0.2, 0) is 14.1 Å². The lowest BCUT2D eigenvalue weighted by molar-refractivity contribution is -0.199. The predicted molar refractivity (Wildman–Crippen MR) is 130 cm³/mol. The first-order valence-corrected chi connectivity index (χ1v) is 12.4. The zero-order valence-electron chi connectivity index (χ0n) is 21.1. The second-order valence-electron chi connectivity index (χ2n) is 11.3. The molecule has 3 saturated carbocycles. The van der Waals surface area contributed by atoms with E-state index in [-0.39, 0.29) is 41.1 Å². The number of carbonyl (C=O) groups excluding carboxylic acids is 3. The van der Waals surface area contributed by atoms with Gasteiger partial charge in [0.1, 0.15) is 0 Å². The van der Waals surface area contributed by atoms with Crippen molar-refractivity contribution < 1.29 is 28.9 Å². The third kappa shape index (κ3) is 4.84. The van der Waals surface area contributed by atoms with Crippen LogP contribution < -0.4 is 16.1 Å². The largest absolute Gasteiger partial charge is 0.481 e. The van der Waals surface area contributed by atoms with Crippen LogP contribution >= 0.6 is 0 Å². The molecule has 1 aliphatic heterocycles. The number of amides is 3. The van der Waals surface area contributed by atoms with Crippen LogP contribution in [0.25, 0.3) is 0 Å². The molecule has 3 aliphatic carbocycles. The molecule has 1 saturated heterocycles. The normalized spacial score (nSPS) is 29.1. The summed E-state index contributed by atoms with van der Waals surface area (Å²) in [4.78, 5) is 36.6. The van der Waals surface area contributed by atoms with Gasteiger partial charge in [0.15, 0.2) is 0 Å². The van der Waals surface area contributed by atoms with Crippen molar-refractivity contribution in [3.8, 4) is 0 Å². The first-order valence-electron chi connectivity index (χ1n) is 12.4. The highest BCUT2D eigenvalue weighted by Gasteiger charge is 2.68. The van der Waals surface area contributed by atoms with Crippen LogP contribution in [0.15, 0.2) is 24.3 Å². The monoisotopic (exact) mass is 485 g/mol. The summed E-state index contributed by atoms with van der Waals surface area (Å²) in [5.74, 6) is -0.349. The lowest BCUT2D eigenvalue weighted by Gasteiger charge is -2.64. The van der Waals surface area contributed by atoms with Crippen molar-refractivity contribution in [2.24, 2.45) is 23.2 Å². The highest BCUT2D eigenvalue weighted by atomic mass is 16.7. The Balaban J connectivity index is 1.35. The minimum absolute atomic E-state index is 0.0337. The summed E-state index contributed by atoms with van der Waals surface area (Å²) < 4.78 is 12.9. The molecule has 1 aromatic carbocycles. The van der Waals surface area contributed by atoms with Gasteiger partial charge in [0.05, 0.1) is 24.2 Å². The van der Waals surface area contributed by atoms with Crippen molar-refractivity contribution >= 4 is 24.8 Å². The van der Waals surface area contributed by atoms with Crippen LogP contribution in [0.1, 0.15) is 74.6 Å². The number of hydrogen-bond acceptors (Lipinski definition) is 6. The second-order valence-corrected chi connectivity index (χ2v) is 11.3. The summed E-state index contributed by atoms with van der Waals surface area (Å²) in [6.45, 7) is 10.8. The van der Waals surface area contributed by atoms with E-state index in [1.165, 1.54) is 29.7 Å². The molecule has 4 N–H and O–H groups in total. The van der Waals surface area contributed by atoms with E-state index in [2.05, 4.69) is 45.3 Å². The number of nitrogens with one attached hydrogen (secondary N) is 3. The van der Waals surface area contributed by atoms with E-state index in [1.807, 2.05) is 0 Å². The molecule has 10 heteroatoms. The molecule has 1 aromatic rings. The standard InChI is InChI=1S/C25H36BN3O6/c1-14(2)10-20(26-34-19-12-17-11-18(24(17,3)4)25(19,5)35-26)28-21(30)13-27-22(31)15-6-8-16(9-7-15)23(32)29-33/h6-9,14,17-20,33H,10-13H2,1-5H3,(H,27,31)(H,28,30)(H,29,32)/t17-,18-,19?,20+,25-/m1/s1. The zero-order valence-corrected chi connectivity index (χ0v) is 21.1. The van der Waals surface area contributed by atoms with Crippen LogP contribution in [0.5, 0.6) is 0 Å². The van der Waals surface area contributed by atoms with E-state index in [1.54, 1.807) is 0 Å². The average Bonchev–Trinajstić information content (AvgIpc) is 3.18. The molecule has 9 nitrogen and oxygen atoms in total. The van der Waals surface area contributed by atoms with E-state index in [4.69, 9.17) is 14.5 Å². The summed E-state index contributed by atoms with van der Waals surface area (Å²) in [7, 11) is -0.521. The van der Waals surface area contributed by atoms with Gasteiger partial charge in [-0.3, -0.25) is 19.6 Å². The third-order valence-electron chi connectivity index (χ3n) is 8.29. The summed E-state index contributed by atoms with van der Waals surface area (Å²) in [5, 5.41) is 14.3. The van der Waals surface area contributed by atoms with E-state index < -0.39 is 18.9 Å². The lowest BCUT2D eigenvalue weighted by Crippen LogP contribution is -2.65. The van der Waals surface area contributed by atoms with Crippen molar-refractivity contribution in [1.29, 1.82) is 0 Å². The molecule has 35 heavy (non-hydrogen) atoms. The smallest absolute Gasteiger partial charge is 0.404 e. The minimum Gasteiger partial charge on any atom is -0.404 e. The summed E-state index contributed by atoms with van der Waals surface area (Å²) >= 11 is 0. The predicted octanol–water partition coefficient (Wildman–Crippen LogP) is 2.33. The highest BCUT2D eigenvalue weighted by molar-refractivity contribution is 6.47. The molecule has 1 heterocycles. The molecule has 0 aromatic heterocycles. The first-order chi connectivity index (χ1) is 16.5. The quantitative estimate of drug-likeness (QED) is 0.255. The van der Waals surface area contributed by atoms with Gasteiger partial charge in [0.25, 0.3) is 11.8 Å². The topological polar surface area (TPSA) is 126 Å². The Bertz CT molecular complexity index is 984. The van der Waals surface area contributed by atoms with Crippen molar-refractivity contribution in [2.45, 2.75) is 71.5 Å².